The SMILES string of the molecule is CC(=O)N[C@@H]1[C@H](O[C@@H]2[C@@H](O[C@@H]3[C@H](O)[C@H](O[C@H]4[C@H](O)[C@@H](NC(C)=O)[C@H](O[C@H]5[C@H](O)[C@@H](NC(C)=O)[C@H](O)O[C@@H]5CO[C@@H]5O[C@@H](C)[C@@H](O)[C@@H](O)[C@@H]5O)O[C@@H]4CO)O[C@H](CO[C@H]4O[C@H](CO)[C@@H](O)[C@H](O)[C@@H]4O[C@@H]4O[C@H](CO)[C@@H](O[C@@H]5O[C@H](CO)[C@H](ON)[C@H](O)[C@H]5O)[C@H](O)[C@H]4NC(C)=O)[C@H]3O)O[C@H](CO)[C@@H](O)[C@@H]2O)O[C@H](CO)[C@@H](O)[C@@H]1O. The number of rotatable bonds is 29. The van der Waals surface area contributed by atoms with Crippen LogP contribution in [-0.4, -0.2) is 470 Å². The van der Waals surface area contributed by atoms with E-state index >= 15 is 0 Å². The zero-order chi connectivity index (χ0) is 82.5. The second-order valence-electron chi connectivity index (χ2n) is 28.3. The minimum atomic E-state index is -2.55. The van der Waals surface area contributed by atoms with E-state index in [-0.39, 0.29) is 0 Å². The van der Waals surface area contributed by atoms with Crippen LogP contribution in [-0.2, 0) is 105 Å². The van der Waals surface area contributed by atoms with Crippen LogP contribution in [0.15, 0.2) is 0 Å². The van der Waals surface area contributed by atoms with Crippen molar-refractivity contribution in [2.24, 2.45) is 5.90 Å². The largest absolute Gasteiger partial charge is 0.394 e. The topological polar surface area (TPSA) is 774 Å². The van der Waals surface area contributed by atoms with Crippen molar-refractivity contribution >= 4 is 23.6 Å². The number of carbonyl (C=O) groups excluding carboxylic acids is 4. The van der Waals surface area contributed by atoms with Gasteiger partial charge in [0.1, 0.15) is 213 Å². The summed E-state index contributed by atoms with van der Waals surface area (Å²) in [6.45, 7) is -3.28. The molecule has 0 aromatic rings. The lowest BCUT2D eigenvalue weighted by Crippen LogP contribution is -2.71. The van der Waals surface area contributed by atoms with Crippen molar-refractivity contribution in [3.63, 3.8) is 0 Å². The Bertz CT molecular complexity index is 2980. The molecule has 9 rings (SSSR count). The lowest BCUT2D eigenvalue weighted by molar-refractivity contribution is -0.397. The Morgan fingerprint density at radius 3 is 1.07 bits per heavy atom. The highest BCUT2D eigenvalue weighted by Crippen LogP contribution is 2.40. The minimum absolute atomic E-state index is 0.826. The fourth-order valence-corrected chi connectivity index (χ4v) is 14.4. The van der Waals surface area contributed by atoms with E-state index in [0.29, 0.717) is 0 Å². The summed E-state index contributed by atoms with van der Waals surface area (Å²) in [4.78, 5) is 55.6. The van der Waals surface area contributed by atoms with Crippen molar-refractivity contribution in [2.45, 2.75) is 311 Å². The average molecular weight is 1640 g/mol. The first-order valence-electron chi connectivity index (χ1n) is 35.7. The van der Waals surface area contributed by atoms with E-state index in [1.807, 2.05) is 0 Å². The molecule has 9 heterocycles. The third-order valence-electron chi connectivity index (χ3n) is 20.4. The van der Waals surface area contributed by atoms with Crippen molar-refractivity contribution in [1.29, 1.82) is 0 Å². The predicted molar refractivity (Wildman–Crippen MR) is 345 cm³/mol. The van der Waals surface area contributed by atoms with Gasteiger partial charge in [-0.1, -0.05) is 0 Å². The molecule has 9 aliphatic heterocycles. The van der Waals surface area contributed by atoms with E-state index in [0.717, 1.165) is 27.7 Å². The van der Waals surface area contributed by atoms with Gasteiger partial charge < -0.3 is 219 Å². The summed E-state index contributed by atoms with van der Waals surface area (Å²) in [5, 5.41) is 266. The van der Waals surface area contributed by atoms with Gasteiger partial charge in [-0.3, -0.25) is 24.0 Å². The Kier molecular flexibility index (Phi) is 33.1. The van der Waals surface area contributed by atoms with Gasteiger partial charge in [-0.15, -0.1) is 0 Å². The van der Waals surface area contributed by atoms with Gasteiger partial charge in [0.25, 0.3) is 0 Å². The van der Waals surface area contributed by atoms with Gasteiger partial charge in [0.05, 0.1) is 59.0 Å². The van der Waals surface area contributed by atoms with E-state index in [4.69, 9.17) is 86.4 Å². The summed E-state index contributed by atoms with van der Waals surface area (Å²) in [6.07, 6.45) is -82.5. The first-order valence-corrected chi connectivity index (χ1v) is 35.7. The quantitative estimate of drug-likeness (QED) is 0.0309. The van der Waals surface area contributed by atoms with Crippen molar-refractivity contribution in [1.82, 2.24) is 21.3 Å². The fraction of sp³-hybridized carbons (Fsp3) is 0.935. The van der Waals surface area contributed by atoms with Crippen LogP contribution in [0.2, 0.25) is 0 Å². The van der Waals surface area contributed by atoms with Crippen LogP contribution < -0.4 is 27.2 Å². The third-order valence-corrected chi connectivity index (χ3v) is 20.4. The molecule has 50 heteroatoms. The smallest absolute Gasteiger partial charge is 0.217 e. The molecule has 9 saturated heterocycles. The highest BCUT2D eigenvalue weighted by atomic mass is 16.8. The maximum Gasteiger partial charge on any atom is 0.217 e. The summed E-state index contributed by atoms with van der Waals surface area (Å²) in [5.41, 5.74) is 0. The van der Waals surface area contributed by atoms with Crippen molar-refractivity contribution in [3.05, 3.63) is 0 Å². The molecule has 45 atom stereocenters. The highest BCUT2D eigenvalue weighted by Gasteiger charge is 2.61. The monoisotopic (exact) mass is 1640 g/mol. The van der Waals surface area contributed by atoms with E-state index in [2.05, 4.69) is 26.1 Å². The van der Waals surface area contributed by atoms with Crippen LogP contribution in [0.4, 0.5) is 0 Å². The number of hydrogen-bond acceptors (Lipinski definition) is 46. The van der Waals surface area contributed by atoms with Crippen LogP contribution >= 0.6 is 0 Å². The van der Waals surface area contributed by atoms with Crippen LogP contribution in [0.25, 0.3) is 0 Å². The minimum Gasteiger partial charge on any atom is -0.394 e. The molecule has 112 heavy (non-hydrogen) atoms. The molecule has 9 fully saturated rings. The zero-order valence-electron chi connectivity index (χ0n) is 60.5. The second kappa shape index (κ2) is 40.3. The number of amides is 4. The Morgan fingerprint density at radius 2 is 0.598 bits per heavy atom. The molecule has 648 valence electrons. The Balaban J connectivity index is 1.05. The Hall–Kier alpha value is -3.80. The van der Waals surface area contributed by atoms with Crippen molar-refractivity contribution in [2.75, 3.05) is 52.9 Å². The van der Waals surface area contributed by atoms with Gasteiger partial charge >= 0.3 is 0 Å². The summed E-state index contributed by atoms with van der Waals surface area (Å²) in [5.74, 6) is 1.67. The van der Waals surface area contributed by atoms with E-state index in [1.54, 1.807) is 0 Å². The van der Waals surface area contributed by atoms with Crippen molar-refractivity contribution < 1.29 is 222 Å². The van der Waals surface area contributed by atoms with Gasteiger partial charge in [-0.25, -0.2) is 5.90 Å². The van der Waals surface area contributed by atoms with Crippen LogP contribution in [0.1, 0.15) is 34.6 Å². The summed E-state index contributed by atoms with van der Waals surface area (Å²) in [7, 11) is 0. The fourth-order valence-electron chi connectivity index (χ4n) is 14.4. The zero-order valence-corrected chi connectivity index (χ0v) is 60.5. The van der Waals surface area contributed by atoms with Gasteiger partial charge in [0.15, 0.2) is 56.6 Å². The number of nitrogens with one attached hydrogen (secondary N) is 4. The van der Waals surface area contributed by atoms with Crippen LogP contribution in [0.3, 0.4) is 0 Å². The number of aliphatic hydroxyl groups is 23. The molecule has 0 unspecified atom stereocenters. The number of hydrogen-bond donors (Lipinski definition) is 28. The Morgan fingerprint density at radius 1 is 0.277 bits per heavy atom. The molecule has 0 radical (unpaired) electrons. The molecule has 29 N–H and O–H groups in total. The van der Waals surface area contributed by atoms with E-state index < -0.39 is 353 Å². The van der Waals surface area contributed by atoms with Crippen molar-refractivity contribution in [3.8, 4) is 0 Å². The van der Waals surface area contributed by atoms with Crippen LogP contribution in [0, 0.1) is 0 Å². The maximum absolute atomic E-state index is 13.2. The molecular weight excluding hydrogens is 1530 g/mol. The summed E-state index contributed by atoms with van der Waals surface area (Å²) in [6, 6.07) is -7.39. The molecule has 0 saturated carbocycles. The molecule has 9 aliphatic rings. The molecule has 0 bridgehead atoms. The average Bonchev–Trinajstić information content (AvgIpc) is 0.829. The molecule has 4 amide bonds. The maximum atomic E-state index is 13.2. The molecule has 0 spiro atoms. The lowest BCUT2D eigenvalue weighted by atomic mass is 9.93. The summed E-state index contributed by atoms with van der Waals surface area (Å²) >= 11 is 0. The van der Waals surface area contributed by atoms with Gasteiger partial charge in [-0.2, -0.15) is 0 Å². The van der Waals surface area contributed by atoms with E-state index in [9.17, 15) is 137 Å². The molecule has 50 nitrogen and oxygen atoms in total. The first-order chi connectivity index (χ1) is 53.0. The molecule has 0 aromatic carbocycles. The molecule has 0 aliphatic carbocycles. The Labute approximate surface area is 634 Å². The second-order valence-corrected chi connectivity index (χ2v) is 28.3. The van der Waals surface area contributed by atoms with Gasteiger partial charge in [-0.05, 0) is 6.92 Å². The number of aliphatic hydroxyl groups excluding tert-OH is 23. The normalized spacial score (nSPS) is 48.9. The van der Waals surface area contributed by atoms with Gasteiger partial charge in [0.2, 0.25) is 23.6 Å². The van der Waals surface area contributed by atoms with E-state index in [1.165, 1.54) is 6.92 Å². The predicted octanol–water partition coefficient (Wildman–Crippen LogP) is -19.1. The third kappa shape index (κ3) is 20.4. The number of ether oxygens (including phenoxy) is 17. The number of nitrogens with two attached hydrogens (primary N) is 1. The molecular formula is C62H105N5O45. The first kappa shape index (κ1) is 92.1. The number of carbonyl (C=O) groups is 4. The van der Waals surface area contributed by atoms with Crippen LogP contribution in [0.5, 0.6) is 0 Å². The highest BCUT2D eigenvalue weighted by molar-refractivity contribution is 5.74. The lowest BCUT2D eigenvalue weighted by Gasteiger charge is -2.51. The van der Waals surface area contributed by atoms with Gasteiger partial charge in [0, 0.05) is 27.7 Å². The standard InChI is InChI=1S/C62H105N5O45/c1-14-31(78)40(87)44(91)58(97-14)95-13-26-49(37(84)27(54(94)98-26)64-15(2)74)106-56-29(66-17(4)76)38(85)48(23(10-72)102-56)108-60-46(93)51(109-62-53(42(89)34(81)21(8-70)101-62)111-55-28(65-16(3)75)36(83)32(79)19(6-68)99-55)35(82)25(105-60)12-96-61-52(41(88)33(80)20(7-69)100-61)110-57-30(67-18(5)77)39(86)47(22(9-71)103-57)107-59-45(92)43(90)50(112-63)24(11-73)104-59/h14,19-62,68-73,78-94H,6-13,63H2,1-5H3,(H,64,74)(H,65,75)(H,66,76)(H,67,77)/t14-,19+,20+,21+,22+,23+,24+,25+,26+,27+,28-,29+,30+,31+,32+,33+,34+,35+,36+,37+,38+,39+,40+,41-,42-,43+,44-,45+,46-,47+,48+,49+,50-,51-,52-,53-,54+,55-,56-,57-,58+,59-,60-,61-,62+/m0/s1. The summed E-state index contributed by atoms with van der Waals surface area (Å²) < 4.78 is 101. The molecule has 0 aromatic heterocycles.